The predicted molar refractivity (Wildman–Crippen MR) is 160 cm³/mol. The lowest BCUT2D eigenvalue weighted by Crippen LogP contribution is -2.54. The van der Waals surface area contributed by atoms with Gasteiger partial charge < -0.3 is 14.4 Å². The fourth-order valence-electron chi connectivity index (χ4n) is 11.3. The van der Waals surface area contributed by atoms with E-state index in [4.69, 9.17) is 9.47 Å². The Morgan fingerprint density at radius 3 is 2.51 bits per heavy atom. The molecular formula is C36H57NO2. The van der Waals surface area contributed by atoms with E-state index in [2.05, 4.69) is 77.0 Å². The highest BCUT2D eigenvalue weighted by Gasteiger charge is 2.65. The standard InChI is InChI=1S/C36H57NO2/c1-24(22-37(5)6)12-15-32-25(2)34-33(39-32)21-31-29-14-13-27-20-28(38-23-26-10-8-7-9-11-26)16-18-35(27,3)30(29)17-19-36(31,34)4/h7-11,24-25,27-34H,12-23H2,1-6H3/t24-,25-,27?,28+,29?,30?,31?,32?,33?,34?,35+,36+/m1/s1. The van der Waals surface area contributed by atoms with E-state index in [1.807, 2.05) is 0 Å². The van der Waals surface area contributed by atoms with E-state index in [9.17, 15) is 0 Å². The molecule has 0 spiro atoms. The van der Waals surface area contributed by atoms with Gasteiger partial charge in [-0.1, -0.05) is 58.0 Å². The summed E-state index contributed by atoms with van der Waals surface area (Å²) in [6.45, 7) is 12.3. The molecule has 5 fully saturated rings. The molecule has 39 heavy (non-hydrogen) atoms. The summed E-state index contributed by atoms with van der Waals surface area (Å²) in [5, 5.41) is 0. The van der Waals surface area contributed by atoms with Gasteiger partial charge in [-0.25, -0.2) is 0 Å². The number of nitrogens with zero attached hydrogens (tertiary/aromatic N) is 1. The third-order valence-electron chi connectivity index (χ3n) is 13.2. The van der Waals surface area contributed by atoms with Gasteiger partial charge in [-0.05, 0) is 136 Å². The second-order valence-corrected chi connectivity index (χ2v) is 15.7. The van der Waals surface area contributed by atoms with Crippen molar-refractivity contribution in [1.29, 1.82) is 0 Å². The molecule has 6 rings (SSSR count). The molecule has 7 unspecified atom stereocenters. The van der Waals surface area contributed by atoms with Crippen molar-refractivity contribution >= 4 is 0 Å². The normalized spacial score (nSPS) is 45.9. The third kappa shape index (κ3) is 5.16. The molecule has 0 amide bonds. The van der Waals surface area contributed by atoms with Crippen LogP contribution in [0.15, 0.2) is 30.3 Å². The molecule has 12 atom stereocenters. The maximum absolute atomic E-state index is 6.97. The molecule has 4 saturated carbocycles. The van der Waals surface area contributed by atoms with Crippen LogP contribution in [0.5, 0.6) is 0 Å². The summed E-state index contributed by atoms with van der Waals surface area (Å²) in [5.74, 6) is 5.83. The van der Waals surface area contributed by atoms with Crippen LogP contribution in [0.2, 0.25) is 0 Å². The smallest absolute Gasteiger partial charge is 0.0720 e. The Labute approximate surface area is 239 Å². The van der Waals surface area contributed by atoms with Crippen LogP contribution < -0.4 is 0 Å². The molecule has 3 nitrogen and oxygen atoms in total. The molecule has 0 bridgehead atoms. The van der Waals surface area contributed by atoms with Crippen molar-refractivity contribution in [3.63, 3.8) is 0 Å². The average molecular weight is 536 g/mol. The largest absolute Gasteiger partial charge is 0.374 e. The van der Waals surface area contributed by atoms with Crippen molar-refractivity contribution in [2.75, 3.05) is 20.6 Å². The summed E-state index contributed by atoms with van der Waals surface area (Å²) < 4.78 is 13.5. The Morgan fingerprint density at radius 1 is 0.974 bits per heavy atom. The highest BCUT2D eigenvalue weighted by Crippen LogP contribution is 2.70. The number of benzene rings is 1. The lowest BCUT2D eigenvalue weighted by atomic mass is 9.44. The second kappa shape index (κ2) is 11.1. The Morgan fingerprint density at radius 2 is 1.74 bits per heavy atom. The van der Waals surface area contributed by atoms with Crippen LogP contribution in [0, 0.1) is 52.3 Å². The molecule has 1 aromatic rings. The molecule has 218 valence electrons. The quantitative estimate of drug-likeness (QED) is 0.335. The molecule has 0 aromatic heterocycles. The van der Waals surface area contributed by atoms with Crippen molar-refractivity contribution in [2.24, 2.45) is 52.3 Å². The van der Waals surface area contributed by atoms with Crippen LogP contribution in [-0.4, -0.2) is 43.9 Å². The summed E-state index contributed by atoms with van der Waals surface area (Å²) in [5.41, 5.74) is 2.33. The number of rotatable bonds is 8. The number of hydrogen-bond donors (Lipinski definition) is 0. The molecule has 1 aromatic carbocycles. The lowest BCUT2D eigenvalue weighted by molar-refractivity contribution is -0.139. The van der Waals surface area contributed by atoms with Crippen LogP contribution in [0.1, 0.15) is 97.5 Å². The monoisotopic (exact) mass is 535 g/mol. The zero-order valence-electron chi connectivity index (χ0n) is 25.9. The predicted octanol–water partition coefficient (Wildman–Crippen LogP) is 8.22. The fourth-order valence-corrected chi connectivity index (χ4v) is 11.3. The van der Waals surface area contributed by atoms with E-state index in [-0.39, 0.29) is 0 Å². The highest BCUT2D eigenvalue weighted by molar-refractivity contribution is 5.15. The Bertz CT molecular complexity index is 964. The second-order valence-electron chi connectivity index (χ2n) is 15.7. The summed E-state index contributed by atoms with van der Waals surface area (Å²) in [6, 6.07) is 10.8. The zero-order chi connectivity index (χ0) is 27.4. The molecule has 0 radical (unpaired) electrons. The molecule has 4 aliphatic carbocycles. The Hall–Kier alpha value is -0.900. The number of hydrogen-bond acceptors (Lipinski definition) is 3. The van der Waals surface area contributed by atoms with Gasteiger partial charge in [-0.3, -0.25) is 0 Å². The van der Waals surface area contributed by atoms with Gasteiger partial charge in [0.15, 0.2) is 0 Å². The van der Waals surface area contributed by atoms with Gasteiger partial charge in [-0.2, -0.15) is 0 Å². The van der Waals surface area contributed by atoms with Crippen molar-refractivity contribution < 1.29 is 9.47 Å². The van der Waals surface area contributed by atoms with Crippen molar-refractivity contribution in [3.05, 3.63) is 35.9 Å². The third-order valence-corrected chi connectivity index (χ3v) is 13.2. The maximum atomic E-state index is 6.97. The topological polar surface area (TPSA) is 21.7 Å². The molecule has 1 heterocycles. The molecule has 3 heteroatoms. The first-order valence-corrected chi connectivity index (χ1v) is 16.6. The minimum absolute atomic E-state index is 0.450. The van der Waals surface area contributed by atoms with E-state index >= 15 is 0 Å². The fraction of sp³-hybridized carbons (Fsp3) is 0.833. The van der Waals surface area contributed by atoms with Gasteiger partial charge in [0.05, 0.1) is 24.9 Å². The summed E-state index contributed by atoms with van der Waals surface area (Å²) in [7, 11) is 4.40. The Balaban J connectivity index is 1.08. The van der Waals surface area contributed by atoms with E-state index in [0.29, 0.717) is 29.1 Å². The summed E-state index contributed by atoms with van der Waals surface area (Å²) in [6.07, 6.45) is 15.0. The van der Waals surface area contributed by atoms with Crippen LogP contribution in [0.4, 0.5) is 0 Å². The average Bonchev–Trinajstić information content (AvgIpc) is 3.39. The van der Waals surface area contributed by atoms with Crippen molar-refractivity contribution in [1.82, 2.24) is 4.90 Å². The van der Waals surface area contributed by atoms with Crippen molar-refractivity contribution in [2.45, 2.75) is 117 Å². The highest BCUT2D eigenvalue weighted by atomic mass is 16.5. The summed E-state index contributed by atoms with van der Waals surface area (Å²) >= 11 is 0. The van der Waals surface area contributed by atoms with E-state index < -0.39 is 0 Å². The van der Waals surface area contributed by atoms with E-state index in [1.165, 1.54) is 76.3 Å². The SMILES string of the molecule is C[C@H](CCC1OC2CC3C4CCC5C[C@@H](OCc6ccccc6)CC[C@]5(C)C4CC[C@]3(C)C2[C@@H]1C)CN(C)C. The van der Waals surface area contributed by atoms with Gasteiger partial charge in [0.25, 0.3) is 0 Å². The van der Waals surface area contributed by atoms with Gasteiger partial charge in [0.1, 0.15) is 0 Å². The van der Waals surface area contributed by atoms with Gasteiger partial charge in [0, 0.05) is 6.54 Å². The number of ether oxygens (including phenoxy) is 2. The van der Waals surface area contributed by atoms with Crippen molar-refractivity contribution in [3.8, 4) is 0 Å². The Kier molecular flexibility index (Phi) is 8.01. The first-order chi connectivity index (χ1) is 18.7. The minimum atomic E-state index is 0.450. The van der Waals surface area contributed by atoms with Gasteiger partial charge in [0.2, 0.25) is 0 Å². The van der Waals surface area contributed by atoms with Crippen LogP contribution in [-0.2, 0) is 16.1 Å². The minimum Gasteiger partial charge on any atom is -0.374 e. The maximum Gasteiger partial charge on any atom is 0.0720 e. The van der Waals surface area contributed by atoms with E-state index in [1.54, 1.807) is 0 Å². The van der Waals surface area contributed by atoms with Crippen LogP contribution in [0.25, 0.3) is 0 Å². The molecule has 0 N–H and O–H groups in total. The lowest BCUT2D eigenvalue weighted by Gasteiger charge is -2.61. The first-order valence-electron chi connectivity index (χ1n) is 16.6. The van der Waals surface area contributed by atoms with Gasteiger partial charge in [-0.15, -0.1) is 0 Å². The summed E-state index contributed by atoms with van der Waals surface area (Å²) in [4.78, 5) is 2.34. The molecular weight excluding hydrogens is 478 g/mol. The van der Waals surface area contributed by atoms with Crippen LogP contribution in [0.3, 0.4) is 0 Å². The zero-order valence-corrected chi connectivity index (χ0v) is 25.9. The molecule has 1 aliphatic heterocycles. The van der Waals surface area contributed by atoms with Crippen LogP contribution >= 0.6 is 0 Å². The number of fused-ring (bicyclic) bond motifs is 7. The first kappa shape index (κ1) is 28.2. The van der Waals surface area contributed by atoms with Gasteiger partial charge >= 0.3 is 0 Å². The van der Waals surface area contributed by atoms with E-state index in [0.717, 1.165) is 48.0 Å². The molecule has 1 saturated heterocycles. The molecule has 5 aliphatic rings.